The lowest BCUT2D eigenvalue weighted by Crippen LogP contribution is -2.70. The molecule has 0 heterocycles. The first-order valence-corrected chi connectivity index (χ1v) is 12.6. The molecule has 4 aliphatic rings. The van der Waals surface area contributed by atoms with Crippen molar-refractivity contribution in [3.05, 3.63) is 11.6 Å². The van der Waals surface area contributed by atoms with Gasteiger partial charge in [0, 0.05) is 17.8 Å². The molecular weight excluding hydrogens is 448 g/mol. The number of ketones is 2. The van der Waals surface area contributed by atoms with Crippen molar-refractivity contribution in [1.29, 1.82) is 0 Å². The number of rotatable bonds is 3. The molecule has 35 heavy (non-hydrogen) atoms. The van der Waals surface area contributed by atoms with Crippen molar-refractivity contribution in [1.82, 2.24) is 0 Å². The third kappa shape index (κ3) is 2.65. The molecule has 0 aromatic heterocycles. The summed E-state index contributed by atoms with van der Waals surface area (Å²) >= 11 is 0. The van der Waals surface area contributed by atoms with E-state index in [9.17, 15) is 24.0 Å². The van der Waals surface area contributed by atoms with Crippen molar-refractivity contribution in [3.8, 4) is 0 Å². The molecule has 0 aromatic carbocycles. The lowest BCUT2D eigenvalue weighted by atomic mass is 9.34. The van der Waals surface area contributed by atoms with E-state index in [4.69, 9.17) is 9.47 Å². The van der Waals surface area contributed by atoms with Gasteiger partial charge in [-0.05, 0) is 63.7 Å². The van der Waals surface area contributed by atoms with Crippen molar-refractivity contribution in [2.24, 2.45) is 44.8 Å². The fourth-order valence-electron chi connectivity index (χ4n) is 9.19. The predicted molar refractivity (Wildman–Crippen MR) is 127 cm³/mol. The van der Waals surface area contributed by atoms with Gasteiger partial charge in [-0.2, -0.15) is 0 Å². The number of allylic oxidation sites excluding steroid dienone is 2. The van der Waals surface area contributed by atoms with Gasteiger partial charge in [-0.15, -0.1) is 0 Å². The zero-order chi connectivity index (χ0) is 26.4. The summed E-state index contributed by atoms with van der Waals surface area (Å²) in [6.07, 6.45) is 4.71. The first-order chi connectivity index (χ1) is 16.1. The summed E-state index contributed by atoms with van der Waals surface area (Å²) in [7, 11) is 1.26. The van der Waals surface area contributed by atoms with Gasteiger partial charge in [0.05, 0.1) is 18.4 Å². The monoisotopic (exact) mass is 486 g/mol. The largest absolute Gasteiger partial charge is 0.468 e. The van der Waals surface area contributed by atoms with Crippen LogP contribution in [0.4, 0.5) is 0 Å². The third-order valence-electron chi connectivity index (χ3n) is 10.9. The maximum atomic E-state index is 14.0. The van der Waals surface area contributed by atoms with Crippen molar-refractivity contribution in [2.45, 2.75) is 80.3 Å². The van der Waals surface area contributed by atoms with Gasteiger partial charge in [0.25, 0.3) is 0 Å². The third-order valence-corrected chi connectivity index (χ3v) is 10.9. The summed E-state index contributed by atoms with van der Waals surface area (Å²) in [5.74, 6) is -3.20. The number of esters is 2. The molecule has 3 saturated carbocycles. The number of Topliss-reactive ketones (excluding diaryl/α,β-unsaturated/α-hetero) is 2. The van der Waals surface area contributed by atoms with Gasteiger partial charge in [0.15, 0.2) is 11.6 Å². The minimum atomic E-state index is -1.70. The van der Waals surface area contributed by atoms with E-state index in [-0.39, 0.29) is 23.8 Å². The number of fused-ring (bicyclic) bond motifs is 5. The lowest BCUT2D eigenvalue weighted by Gasteiger charge is -2.67. The highest BCUT2D eigenvalue weighted by atomic mass is 16.5. The molecule has 7 nitrogen and oxygen atoms in total. The fraction of sp³-hybridized carbons (Fsp3) is 0.750. The molecule has 0 saturated heterocycles. The molecule has 1 unspecified atom stereocenters. The molecule has 7 heteroatoms. The molecule has 0 aromatic rings. The predicted octanol–water partition coefficient (Wildman–Crippen LogP) is 3.87. The number of hydrogen-bond acceptors (Lipinski definition) is 7. The number of carbonyl (C=O) groups is 5. The Morgan fingerprint density at radius 1 is 1.06 bits per heavy atom. The molecule has 0 aliphatic heterocycles. The Kier molecular flexibility index (Phi) is 5.59. The normalized spacial score (nSPS) is 46.0. The molecule has 0 amide bonds. The average Bonchev–Trinajstić information content (AvgIpc) is 2.95. The second-order valence-electron chi connectivity index (χ2n) is 12.3. The zero-order valence-corrected chi connectivity index (χ0v) is 22.2. The summed E-state index contributed by atoms with van der Waals surface area (Å²) in [5.41, 5.74) is -4.74. The minimum Gasteiger partial charge on any atom is -0.468 e. The van der Waals surface area contributed by atoms with E-state index in [1.165, 1.54) is 14.0 Å². The summed E-state index contributed by atoms with van der Waals surface area (Å²) in [5, 5.41) is 0. The van der Waals surface area contributed by atoms with Crippen LogP contribution in [0.15, 0.2) is 11.6 Å². The Hall–Kier alpha value is -2.31. The van der Waals surface area contributed by atoms with Gasteiger partial charge >= 0.3 is 11.9 Å². The lowest BCUT2D eigenvalue weighted by molar-refractivity contribution is -0.217. The molecule has 4 aliphatic carbocycles. The van der Waals surface area contributed by atoms with E-state index in [0.29, 0.717) is 31.3 Å². The van der Waals surface area contributed by atoms with Gasteiger partial charge < -0.3 is 14.3 Å². The van der Waals surface area contributed by atoms with Crippen LogP contribution in [0, 0.1) is 44.8 Å². The molecule has 4 rings (SSSR count). The molecule has 0 bridgehead atoms. The van der Waals surface area contributed by atoms with Gasteiger partial charge in [-0.1, -0.05) is 32.4 Å². The van der Waals surface area contributed by atoms with Crippen LogP contribution in [-0.2, 0) is 33.4 Å². The molecule has 0 N–H and O–H groups in total. The second kappa shape index (κ2) is 7.59. The number of carbonyl (C=O) groups excluding carboxylic acids is 5. The van der Waals surface area contributed by atoms with Crippen LogP contribution >= 0.6 is 0 Å². The van der Waals surface area contributed by atoms with E-state index in [1.54, 1.807) is 20.8 Å². The number of ether oxygens (including phenoxy) is 2. The van der Waals surface area contributed by atoms with E-state index < -0.39 is 50.7 Å². The van der Waals surface area contributed by atoms with Crippen molar-refractivity contribution in [2.75, 3.05) is 7.11 Å². The highest BCUT2D eigenvalue weighted by Crippen LogP contribution is 2.76. The summed E-state index contributed by atoms with van der Waals surface area (Å²) < 4.78 is 11.0. The van der Waals surface area contributed by atoms with Crippen LogP contribution in [-0.4, -0.2) is 43.0 Å². The van der Waals surface area contributed by atoms with Crippen LogP contribution in [0.3, 0.4) is 0 Å². The Morgan fingerprint density at radius 3 is 2.23 bits per heavy atom. The van der Waals surface area contributed by atoms with Crippen molar-refractivity contribution >= 4 is 29.8 Å². The van der Waals surface area contributed by atoms with E-state index in [1.807, 2.05) is 26.8 Å². The Morgan fingerprint density at radius 2 is 1.69 bits per heavy atom. The second-order valence-corrected chi connectivity index (χ2v) is 12.3. The van der Waals surface area contributed by atoms with E-state index >= 15 is 0 Å². The zero-order valence-electron chi connectivity index (χ0n) is 22.2. The SMILES string of the molecule is COC(=O)[C@]12C(=O)C(C)C(=O)[C@@]1(C)C(C)=C[C@@H]1[C@@]3(C=O)CC[C@@H](OC(C)=O)C(C)(C)[C@@H]3CC[C@]12C. The van der Waals surface area contributed by atoms with Crippen molar-refractivity contribution < 1.29 is 33.4 Å². The smallest absolute Gasteiger partial charge is 0.321 e. The standard InChI is InChI=1S/C28H38O7/c1-15-13-19-25(6,28(23(33)34-8)22(32)16(2)21(31)26(15,28)7)11-9-18-24(4,5)20(35-17(3)30)10-12-27(18,19)14-29/h13-14,16,18-20H,9-12H2,1-8H3/t16?,18-,19-,20+,25+,26+,27+,28-/m0/s1. The Balaban J connectivity index is 1.99. The topological polar surface area (TPSA) is 104 Å². The minimum absolute atomic E-state index is 0.128. The average molecular weight is 487 g/mol. The van der Waals surface area contributed by atoms with Gasteiger partial charge in [-0.3, -0.25) is 19.2 Å². The van der Waals surface area contributed by atoms with Gasteiger partial charge in [0.2, 0.25) is 0 Å². The maximum absolute atomic E-state index is 14.0. The molecule has 0 spiro atoms. The first kappa shape index (κ1) is 25.8. The fourth-order valence-corrected chi connectivity index (χ4v) is 9.19. The molecule has 0 radical (unpaired) electrons. The summed E-state index contributed by atoms with van der Waals surface area (Å²) in [4.78, 5) is 66.4. The van der Waals surface area contributed by atoms with Crippen molar-refractivity contribution in [3.63, 3.8) is 0 Å². The number of aldehydes is 1. The van der Waals surface area contributed by atoms with Crippen LogP contribution in [0.25, 0.3) is 0 Å². The molecular formula is C28H38O7. The highest BCUT2D eigenvalue weighted by Gasteiger charge is 2.82. The molecule has 8 atom stereocenters. The van der Waals surface area contributed by atoms with E-state index in [2.05, 4.69) is 0 Å². The Labute approximate surface area is 207 Å². The summed E-state index contributed by atoms with van der Waals surface area (Å²) in [6, 6.07) is 0. The van der Waals surface area contributed by atoms with E-state index in [0.717, 1.165) is 6.29 Å². The first-order valence-electron chi connectivity index (χ1n) is 12.6. The number of hydrogen-bond donors (Lipinski definition) is 0. The van der Waals surface area contributed by atoms with Gasteiger partial charge in [0.1, 0.15) is 17.8 Å². The van der Waals surface area contributed by atoms with Crippen LogP contribution < -0.4 is 0 Å². The number of methoxy groups -OCH3 is 1. The van der Waals surface area contributed by atoms with Crippen LogP contribution in [0.5, 0.6) is 0 Å². The maximum Gasteiger partial charge on any atom is 0.321 e. The Bertz CT molecular complexity index is 1060. The van der Waals surface area contributed by atoms with Crippen LogP contribution in [0.1, 0.15) is 74.1 Å². The molecule has 3 fully saturated rings. The molecule has 192 valence electrons. The van der Waals surface area contributed by atoms with Gasteiger partial charge in [-0.25, -0.2) is 0 Å². The summed E-state index contributed by atoms with van der Waals surface area (Å²) in [6.45, 7) is 12.5. The van der Waals surface area contributed by atoms with Crippen LogP contribution in [0.2, 0.25) is 0 Å². The quantitative estimate of drug-likeness (QED) is 0.258. The highest BCUT2D eigenvalue weighted by molar-refractivity contribution is 6.25.